The molecule has 3 rings (SSSR count). The van der Waals surface area contributed by atoms with Gasteiger partial charge in [0.15, 0.2) is 17.3 Å². The van der Waals surface area contributed by atoms with Gasteiger partial charge in [0.25, 0.3) is 11.5 Å². The van der Waals surface area contributed by atoms with Gasteiger partial charge in [0.05, 0.1) is 14.2 Å². The van der Waals surface area contributed by atoms with Gasteiger partial charge in [0.2, 0.25) is 0 Å². The number of methoxy groups -OCH3 is 2. The summed E-state index contributed by atoms with van der Waals surface area (Å²) < 4.78 is 10.4. The molecule has 1 heterocycles. The number of aromatic amines is 1. The smallest absolute Gasteiger partial charge is 0.261 e. The summed E-state index contributed by atoms with van der Waals surface area (Å²) in [5.74, 6) is 0.572. The van der Waals surface area contributed by atoms with Crippen LogP contribution >= 0.6 is 0 Å². The molecule has 7 heteroatoms. The number of aryl methyl sites for hydroxylation is 1. The second-order valence-corrected chi connectivity index (χ2v) is 6.05. The van der Waals surface area contributed by atoms with Crippen molar-refractivity contribution in [2.45, 2.75) is 25.8 Å². The van der Waals surface area contributed by atoms with E-state index in [4.69, 9.17) is 9.47 Å². The van der Waals surface area contributed by atoms with E-state index in [0.29, 0.717) is 42.0 Å². The van der Waals surface area contributed by atoms with E-state index >= 15 is 0 Å². The van der Waals surface area contributed by atoms with Crippen molar-refractivity contribution in [3.8, 4) is 11.5 Å². The molecule has 7 nitrogen and oxygen atoms in total. The Kier molecular flexibility index (Phi) is 5.06. The van der Waals surface area contributed by atoms with Gasteiger partial charge in [-0.25, -0.2) is 0 Å². The molecule has 136 valence electrons. The van der Waals surface area contributed by atoms with Crippen molar-refractivity contribution in [1.29, 1.82) is 0 Å². The summed E-state index contributed by atoms with van der Waals surface area (Å²) in [6.07, 6.45) is 1.79. The van der Waals surface area contributed by atoms with E-state index in [2.05, 4.69) is 10.3 Å². The standard InChI is InChI=1S/C19H20N2O5/c1-25-16-7-6-11(8-17(16)26-2)10-20-18(23)13-9-12-14(21-19(13)24)4-3-5-15(12)22/h6-9H,3-5,10H2,1-2H3,(H,20,23)(H,21,24). The number of ether oxygens (including phenoxy) is 2. The van der Waals surface area contributed by atoms with Crippen molar-refractivity contribution in [2.75, 3.05) is 14.2 Å². The normalized spacial score (nSPS) is 13.1. The minimum Gasteiger partial charge on any atom is -0.493 e. The Labute approximate surface area is 150 Å². The summed E-state index contributed by atoms with van der Waals surface area (Å²) in [7, 11) is 3.08. The number of aromatic nitrogens is 1. The fourth-order valence-corrected chi connectivity index (χ4v) is 3.01. The SMILES string of the molecule is COc1ccc(CNC(=O)c2cc3c([nH]c2=O)CCCC3=O)cc1OC. The highest BCUT2D eigenvalue weighted by Crippen LogP contribution is 2.27. The predicted molar refractivity (Wildman–Crippen MR) is 95.0 cm³/mol. The molecule has 0 fully saturated rings. The van der Waals surface area contributed by atoms with Crippen LogP contribution in [0.15, 0.2) is 29.1 Å². The molecule has 0 spiro atoms. The number of rotatable bonds is 5. The van der Waals surface area contributed by atoms with Gasteiger partial charge in [-0.2, -0.15) is 0 Å². The van der Waals surface area contributed by atoms with Crippen molar-refractivity contribution in [3.05, 3.63) is 57.0 Å². The number of fused-ring (bicyclic) bond motifs is 1. The summed E-state index contributed by atoms with van der Waals surface area (Å²) in [6.45, 7) is 0.212. The Bertz CT molecular complexity index is 917. The largest absolute Gasteiger partial charge is 0.493 e. The lowest BCUT2D eigenvalue weighted by Crippen LogP contribution is -2.31. The fourth-order valence-electron chi connectivity index (χ4n) is 3.01. The first kappa shape index (κ1) is 17.7. The first-order chi connectivity index (χ1) is 12.5. The zero-order chi connectivity index (χ0) is 18.7. The van der Waals surface area contributed by atoms with Crippen LogP contribution in [-0.2, 0) is 13.0 Å². The van der Waals surface area contributed by atoms with Crippen LogP contribution in [0.25, 0.3) is 0 Å². The van der Waals surface area contributed by atoms with Gasteiger partial charge in [-0.15, -0.1) is 0 Å². The lowest BCUT2D eigenvalue weighted by molar-refractivity contribution is 0.0949. The summed E-state index contributed by atoms with van der Waals surface area (Å²) in [4.78, 5) is 39.2. The Morgan fingerprint density at radius 3 is 2.62 bits per heavy atom. The lowest BCUT2D eigenvalue weighted by atomic mass is 9.93. The van der Waals surface area contributed by atoms with Crippen LogP contribution in [0.3, 0.4) is 0 Å². The van der Waals surface area contributed by atoms with Crippen molar-refractivity contribution in [3.63, 3.8) is 0 Å². The van der Waals surface area contributed by atoms with Crippen molar-refractivity contribution < 1.29 is 19.1 Å². The third-order valence-electron chi connectivity index (χ3n) is 4.40. The first-order valence-corrected chi connectivity index (χ1v) is 8.32. The zero-order valence-corrected chi connectivity index (χ0v) is 14.7. The first-order valence-electron chi connectivity index (χ1n) is 8.32. The minimum absolute atomic E-state index is 0.0450. The highest BCUT2D eigenvalue weighted by atomic mass is 16.5. The summed E-state index contributed by atoms with van der Waals surface area (Å²) in [5.41, 5.74) is 1.30. The van der Waals surface area contributed by atoms with Crippen LogP contribution in [0.5, 0.6) is 11.5 Å². The molecule has 0 bridgehead atoms. The molecule has 1 aromatic heterocycles. The van der Waals surface area contributed by atoms with Gasteiger partial charge in [-0.05, 0) is 36.6 Å². The maximum atomic E-state index is 12.4. The van der Waals surface area contributed by atoms with E-state index in [1.54, 1.807) is 25.3 Å². The number of nitrogens with one attached hydrogen (secondary N) is 2. The van der Waals surface area contributed by atoms with E-state index in [-0.39, 0.29) is 17.9 Å². The van der Waals surface area contributed by atoms with E-state index in [1.807, 2.05) is 0 Å². The molecule has 0 radical (unpaired) electrons. The molecule has 1 aliphatic rings. The van der Waals surface area contributed by atoms with Crippen molar-refractivity contribution >= 4 is 11.7 Å². The zero-order valence-electron chi connectivity index (χ0n) is 14.7. The Morgan fingerprint density at radius 1 is 1.12 bits per heavy atom. The monoisotopic (exact) mass is 356 g/mol. The number of carbonyl (C=O) groups excluding carboxylic acids is 2. The second-order valence-electron chi connectivity index (χ2n) is 6.05. The topological polar surface area (TPSA) is 97.5 Å². The number of ketones is 1. The van der Waals surface area contributed by atoms with E-state index in [0.717, 1.165) is 5.56 Å². The molecular formula is C19H20N2O5. The summed E-state index contributed by atoms with van der Waals surface area (Å²) in [6, 6.07) is 6.69. The van der Waals surface area contributed by atoms with Crippen LogP contribution in [-0.4, -0.2) is 30.9 Å². The second kappa shape index (κ2) is 7.43. The van der Waals surface area contributed by atoms with Crippen LogP contribution in [0.4, 0.5) is 0 Å². The summed E-state index contributed by atoms with van der Waals surface area (Å²) >= 11 is 0. The molecule has 1 amide bonds. The number of hydrogen-bond donors (Lipinski definition) is 2. The highest BCUT2D eigenvalue weighted by molar-refractivity contribution is 6.01. The van der Waals surface area contributed by atoms with Crippen LogP contribution < -0.4 is 20.3 Å². The highest BCUT2D eigenvalue weighted by Gasteiger charge is 2.22. The number of amides is 1. The van der Waals surface area contributed by atoms with E-state index in [1.165, 1.54) is 13.2 Å². The molecule has 0 saturated carbocycles. The average Bonchev–Trinajstić information content (AvgIpc) is 2.65. The van der Waals surface area contributed by atoms with Crippen LogP contribution in [0.1, 0.15) is 44.8 Å². The molecule has 0 saturated heterocycles. The van der Waals surface area contributed by atoms with Crippen molar-refractivity contribution in [1.82, 2.24) is 10.3 Å². The number of H-pyrrole nitrogens is 1. The van der Waals surface area contributed by atoms with Gasteiger partial charge in [0, 0.05) is 24.2 Å². The molecule has 1 aliphatic carbocycles. The third kappa shape index (κ3) is 3.46. The molecule has 26 heavy (non-hydrogen) atoms. The van der Waals surface area contributed by atoms with Crippen molar-refractivity contribution in [2.24, 2.45) is 0 Å². The number of Topliss-reactive ketones (excluding diaryl/α,β-unsaturated/α-hetero) is 1. The molecule has 0 unspecified atom stereocenters. The number of carbonyl (C=O) groups is 2. The summed E-state index contributed by atoms with van der Waals surface area (Å²) in [5, 5.41) is 2.70. The average molecular weight is 356 g/mol. The van der Waals surface area contributed by atoms with Crippen LogP contribution in [0, 0.1) is 0 Å². The van der Waals surface area contributed by atoms with Crippen LogP contribution in [0.2, 0.25) is 0 Å². The number of benzene rings is 1. The maximum absolute atomic E-state index is 12.4. The van der Waals surface area contributed by atoms with Gasteiger partial charge < -0.3 is 19.8 Å². The molecule has 2 N–H and O–H groups in total. The van der Waals surface area contributed by atoms with Gasteiger partial charge >= 0.3 is 0 Å². The van der Waals surface area contributed by atoms with E-state index in [9.17, 15) is 14.4 Å². The number of hydrogen-bond acceptors (Lipinski definition) is 5. The van der Waals surface area contributed by atoms with Gasteiger partial charge in [-0.1, -0.05) is 6.07 Å². The molecule has 1 aromatic carbocycles. The Morgan fingerprint density at radius 2 is 1.88 bits per heavy atom. The van der Waals surface area contributed by atoms with E-state index < -0.39 is 11.5 Å². The number of pyridine rings is 1. The molecule has 0 atom stereocenters. The fraction of sp³-hybridized carbons (Fsp3) is 0.316. The maximum Gasteiger partial charge on any atom is 0.261 e. The third-order valence-corrected chi connectivity index (χ3v) is 4.40. The quantitative estimate of drug-likeness (QED) is 0.852. The van der Waals surface area contributed by atoms with Gasteiger partial charge in [0.1, 0.15) is 5.56 Å². The molecular weight excluding hydrogens is 336 g/mol. The molecule has 2 aromatic rings. The lowest BCUT2D eigenvalue weighted by Gasteiger charge is -2.15. The van der Waals surface area contributed by atoms with Gasteiger partial charge in [-0.3, -0.25) is 14.4 Å². The Balaban J connectivity index is 1.78. The Hall–Kier alpha value is -3.09. The molecule has 0 aliphatic heterocycles. The minimum atomic E-state index is -0.526. The predicted octanol–water partition coefficient (Wildman–Crippen LogP) is 1.84.